The van der Waals surface area contributed by atoms with Crippen LogP contribution in [0.25, 0.3) is 10.9 Å². The molecule has 1 aliphatic rings. The zero-order valence-corrected chi connectivity index (χ0v) is 15.6. The van der Waals surface area contributed by atoms with Gasteiger partial charge < -0.3 is 16.0 Å². The lowest BCUT2D eigenvalue weighted by Crippen LogP contribution is -2.35. The number of nitrogens with one attached hydrogen (secondary N) is 3. The molecule has 27 heavy (non-hydrogen) atoms. The molecule has 0 radical (unpaired) electrons. The molecule has 1 aliphatic heterocycles. The predicted molar refractivity (Wildman–Crippen MR) is 111 cm³/mol. The fraction of sp³-hybridized carbons (Fsp3) is 0.250. The van der Waals surface area contributed by atoms with E-state index in [0.717, 1.165) is 37.0 Å². The molecule has 1 fully saturated rings. The Balaban J connectivity index is 0.00000210. The van der Waals surface area contributed by atoms with Crippen LogP contribution in [0.4, 0.5) is 11.4 Å². The molecule has 1 aromatic carbocycles. The molecule has 3 heterocycles. The molecule has 0 aliphatic carbocycles. The molecule has 2 aromatic heterocycles. The quantitative estimate of drug-likeness (QED) is 0.643. The second-order valence-corrected chi connectivity index (χ2v) is 6.42. The van der Waals surface area contributed by atoms with Gasteiger partial charge in [-0.1, -0.05) is 0 Å². The molecule has 140 valence electrons. The Hall–Kier alpha value is -2.70. The van der Waals surface area contributed by atoms with Crippen molar-refractivity contribution in [3.05, 3.63) is 60.6 Å². The first-order chi connectivity index (χ1) is 12.8. The predicted octanol–water partition coefficient (Wildman–Crippen LogP) is 3.47. The van der Waals surface area contributed by atoms with Gasteiger partial charge in [0.1, 0.15) is 0 Å². The lowest BCUT2D eigenvalue weighted by atomic mass is 10.0. The van der Waals surface area contributed by atoms with Gasteiger partial charge in [-0.25, -0.2) is 0 Å². The van der Waals surface area contributed by atoms with Crippen LogP contribution in [-0.2, 0) is 0 Å². The topological polar surface area (TPSA) is 78.9 Å². The van der Waals surface area contributed by atoms with Crippen LogP contribution in [0, 0.1) is 0 Å². The van der Waals surface area contributed by atoms with Crippen LogP contribution in [0.3, 0.4) is 0 Å². The van der Waals surface area contributed by atoms with Crippen molar-refractivity contribution < 1.29 is 4.79 Å². The van der Waals surface area contributed by atoms with E-state index in [1.165, 1.54) is 0 Å². The molecule has 0 bridgehead atoms. The van der Waals surface area contributed by atoms with Crippen LogP contribution in [-0.4, -0.2) is 35.0 Å². The Morgan fingerprint density at radius 3 is 2.59 bits per heavy atom. The van der Waals surface area contributed by atoms with Crippen molar-refractivity contribution in [1.82, 2.24) is 15.3 Å². The molecule has 3 N–H and O–H groups in total. The molecule has 3 aromatic rings. The van der Waals surface area contributed by atoms with E-state index in [2.05, 4.69) is 25.9 Å². The normalized spacial score (nSPS) is 14.4. The van der Waals surface area contributed by atoms with Gasteiger partial charge in [0.2, 0.25) is 0 Å². The van der Waals surface area contributed by atoms with E-state index < -0.39 is 0 Å². The molecule has 0 atom stereocenters. The molecule has 0 unspecified atom stereocenters. The lowest BCUT2D eigenvalue weighted by molar-refractivity contribution is 0.102. The summed E-state index contributed by atoms with van der Waals surface area (Å²) < 4.78 is 0. The van der Waals surface area contributed by atoms with Gasteiger partial charge in [0.15, 0.2) is 0 Å². The first-order valence-corrected chi connectivity index (χ1v) is 8.87. The number of pyridine rings is 2. The van der Waals surface area contributed by atoms with Crippen LogP contribution in [0.1, 0.15) is 23.2 Å². The number of halogens is 1. The lowest BCUT2D eigenvalue weighted by Gasteiger charge is -2.25. The van der Waals surface area contributed by atoms with Gasteiger partial charge in [0.25, 0.3) is 5.91 Å². The van der Waals surface area contributed by atoms with Crippen LogP contribution < -0.4 is 16.0 Å². The summed E-state index contributed by atoms with van der Waals surface area (Å²) in [6, 6.07) is 11.7. The van der Waals surface area contributed by atoms with Gasteiger partial charge in [-0.2, -0.15) is 0 Å². The Kier molecular flexibility index (Phi) is 6.21. The van der Waals surface area contributed by atoms with Crippen molar-refractivity contribution in [2.45, 2.75) is 18.9 Å². The summed E-state index contributed by atoms with van der Waals surface area (Å²) in [5, 5.41) is 10.9. The second-order valence-electron chi connectivity index (χ2n) is 6.42. The van der Waals surface area contributed by atoms with Gasteiger partial charge >= 0.3 is 0 Å². The Bertz CT molecular complexity index is 913. The summed E-state index contributed by atoms with van der Waals surface area (Å²) in [6.45, 7) is 2.06. The summed E-state index contributed by atoms with van der Waals surface area (Å²) in [4.78, 5) is 21.2. The summed E-state index contributed by atoms with van der Waals surface area (Å²) in [5.41, 5.74) is 3.01. The van der Waals surface area contributed by atoms with E-state index in [-0.39, 0.29) is 18.3 Å². The zero-order valence-electron chi connectivity index (χ0n) is 14.8. The van der Waals surface area contributed by atoms with Gasteiger partial charge in [-0.3, -0.25) is 14.8 Å². The monoisotopic (exact) mass is 383 g/mol. The number of hydrogen-bond acceptors (Lipinski definition) is 5. The second kappa shape index (κ2) is 8.79. The molecule has 6 nitrogen and oxygen atoms in total. The van der Waals surface area contributed by atoms with E-state index in [0.29, 0.717) is 22.8 Å². The smallest absolute Gasteiger partial charge is 0.257 e. The van der Waals surface area contributed by atoms with Crippen LogP contribution in [0.2, 0.25) is 0 Å². The molecule has 7 heteroatoms. The van der Waals surface area contributed by atoms with Crippen molar-refractivity contribution >= 4 is 40.6 Å². The minimum Gasteiger partial charge on any atom is -0.382 e. The standard InChI is InChI=1S/C20H21N5O.ClH/c26-20(25-15-7-12-22-13-8-15)17-3-4-18(16-2-1-9-23-19(16)17)24-14-5-10-21-11-6-14;/h1-4,7-9,12-14,21,24H,5-6,10-11H2,(H,22,25,26);1H. The molecule has 1 amide bonds. The summed E-state index contributed by atoms with van der Waals surface area (Å²) >= 11 is 0. The average Bonchev–Trinajstić information content (AvgIpc) is 2.70. The van der Waals surface area contributed by atoms with E-state index in [1.54, 1.807) is 30.7 Å². The Morgan fingerprint density at radius 1 is 1.04 bits per heavy atom. The summed E-state index contributed by atoms with van der Waals surface area (Å²) in [6.07, 6.45) is 7.20. The minimum absolute atomic E-state index is 0. The number of piperidine rings is 1. The number of benzene rings is 1. The van der Waals surface area contributed by atoms with Gasteiger partial charge in [0, 0.05) is 41.4 Å². The number of rotatable bonds is 4. The van der Waals surface area contributed by atoms with Crippen molar-refractivity contribution in [2.75, 3.05) is 23.7 Å². The molecular weight excluding hydrogens is 362 g/mol. The van der Waals surface area contributed by atoms with Crippen LogP contribution in [0.5, 0.6) is 0 Å². The zero-order chi connectivity index (χ0) is 17.8. The molecule has 0 saturated carbocycles. The maximum atomic E-state index is 12.7. The Labute approximate surface area is 164 Å². The van der Waals surface area contributed by atoms with Crippen molar-refractivity contribution in [3.8, 4) is 0 Å². The van der Waals surface area contributed by atoms with Crippen LogP contribution >= 0.6 is 12.4 Å². The molecule has 1 saturated heterocycles. The van der Waals surface area contributed by atoms with E-state index in [9.17, 15) is 4.79 Å². The summed E-state index contributed by atoms with van der Waals surface area (Å²) in [7, 11) is 0. The number of fused-ring (bicyclic) bond motifs is 1. The largest absolute Gasteiger partial charge is 0.382 e. The van der Waals surface area contributed by atoms with Gasteiger partial charge in [-0.05, 0) is 62.3 Å². The maximum Gasteiger partial charge on any atom is 0.257 e. The first-order valence-electron chi connectivity index (χ1n) is 8.87. The third-order valence-electron chi connectivity index (χ3n) is 4.65. The number of carbonyl (C=O) groups excluding carboxylic acids is 1. The third-order valence-corrected chi connectivity index (χ3v) is 4.65. The fourth-order valence-corrected chi connectivity index (χ4v) is 3.30. The van der Waals surface area contributed by atoms with Crippen molar-refractivity contribution in [2.24, 2.45) is 0 Å². The highest BCUT2D eigenvalue weighted by molar-refractivity contribution is 6.13. The van der Waals surface area contributed by atoms with Gasteiger partial charge in [-0.15, -0.1) is 12.4 Å². The SMILES string of the molecule is Cl.O=C(Nc1ccncc1)c1ccc(NC2CCNCC2)c2cccnc12. The molecular formula is C20H22ClN5O. The van der Waals surface area contributed by atoms with Gasteiger partial charge in [0.05, 0.1) is 11.1 Å². The number of amides is 1. The Morgan fingerprint density at radius 2 is 1.81 bits per heavy atom. The number of nitrogens with zero attached hydrogens (tertiary/aromatic N) is 2. The highest BCUT2D eigenvalue weighted by Gasteiger charge is 2.17. The average molecular weight is 384 g/mol. The van der Waals surface area contributed by atoms with E-state index >= 15 is 0 Å². The third kappa shape index (κ3) is 4.35. The maximum absolute atomic E-state index is 12.7. The van der Waals surface area contributed by atoms with Crippen molar-refractivity contribution in [3.63, 3.8) is 0 Å². The van der Waals surface area contributed by atoms with Crippen LogP contribution in [0.15, 0.2) is 55.0 Å². The number of hydrogen-bond donors (Lipinski definition) is 3. The van der Waals surface area contributed by atoms with Crippen molar-refractivity contribution in [1.29, 1.82) is 0 Å². The molecule has 0 spiro atoms. The number of anilines is 2. The molecule has 4 rings (SSSR count). The minimum atomic E-state index is -0.173. The highest BCUT2D eigenvalue weighted by atomic mass is 35.5. The fourth-order valence-electron chi connectivity index (χ4n) is 3.30. The van der Waals surface area contributed by atoms with E-state index in [4.69, 9.17) is 0 Å². The first kappa shape index (κ1) is 19.1. The van der Waals surface area contributed by atoms with E-state index in [1.807, 2.05) is 24.3 Å². The number of aromatic nitrogens is 2. The highest BCUT2D eigenvalue weighted by Crippen LogP contribution is 2.27. The summed E-state index contributed by atoms with van der Waals surface area (Å²) in [5.74, 6) is -0.173. The number of carbonyl (C=O) groups is 1.